The van der Waals surface area contributed by atoms with Gasteiger partial charge in [-0.05, 0) is 57.9 Å². The van der Waals surface area contributed by atoms with Crippen molar-refractivity contribution in [2.24, 2.45) is 0 Å². The Morgan fingerprint density at radius 3 is 2.64 bits per heavy atom. The van der Waals surface area contributed by atoms with Crippen LogP contribution >= 0.6 is 15.9 Å². The van der Waals surface area contributed by atoms with Crippen molar-refractivity contribution in [2.75, 3.05) is 11.9 Å². The van der Waals surface area contributed by atoms with E-state index in [1.165, 1.54) is 18.5 Å². The maximum Gasteiger partial charge on any atom is 0.573 e. The molecule has 1 aliphatic heterocycles. The Hall–Kier alpha value is -3.41. The fraction of sp³-hybridized carbons (Fsp3) is 0.190. The van der Waals surface area contributed by atoms with Gasteiger partial charge in [-0.25, -0.2) is 14.2 Å². The third kappa shape index (κ3) is 4.85. The average Bonchev–Trinajstić information content (AvgIpc) is 2.76. The Morgan fingerprint density at radius 2 is 1.91 bits per heavy atom. The zero-order chi connectivity index (χ0) is 23.6. The van der Waals surface area contributed by atoms with E-state index in [-0.39, 0.29) is 24.3 Å². The molecule has 1 aromatic carbocycles. The number of carbonyl (C=O) groups is 1. The number of nitrogens with zero attached hydrogens (tertiary/aromatic N) is 2. The third-order valence-corrected chi connectivity index (χ3v) is 5.53. The lowest BCUT2D eigenvalue weighted by molar-refractivity contribution is -0.275. The van der Waals surface area contributed by atoms with Crippen molar-refractivity contribution >= 4 is 27.6 Å². The van der Waals surface area contributed by atoms with E-state index < -0.39 is 29.5 Å². The van der Waals surface area contributed by atoms with Gasteiger partial charge < -0.3 is 20.1 Å². The van der Waals surface area contributed by atoms with Crippen LogP contribution < -0.4 is 20.1 Å². The van der Waals surface area contributed by atoms with Crippen LogP contribution in [0.4, 0.5) is 28.0 Å². The number of benzene rings is 1. The van der Waals surface area contributed by atoms with Crippen molar-refractivity contribution in [2.45, 2.75) is 18.3 Å². The number of carbonyl (C=O) groups excluding carboxylic acids is 1. The number of hydrogen-bond donors (Lipinski definition) is 2. The summed E-state index contributed by atoms with van der Waals surface area (Å²) in [4.78, 5) is 21.3. The van der Waals surface area contributed by atoms with Gasteiger partial charge in [-0.15, -0.1) is 13.2 Å². The van der Waals surface area contributed by atoms with E-state index in [9.17, 15) is 22.4 Å². The second-order valence-electron chi connectivity index (χ2n) is 6.97. The van der Waals surface area contributed by atoms with Gasteiger partial charge in [0.05, 0.1) is 12.3 Å². The summed E-state index contributed by atoms with van der Waals surface area (Å²) in [5.41, 5.74) is -0.581. The summed E-state index contributed by atoms with van der Waals surface area (Å²) in [6.45, 7) is 0.137. The zero-order valence-electron chi connectivity index (χ0n) is 16.6. The standard InChI is InChI=1S/C21H15BrF4N4O3/c22-18-14(3-1-9-28-18)29-19(31)30-20(7-10-32-16-4-2-8-27-17(16)20)12-5-6-15(13(23)11-12)33-21(24,25)26/h1-6,8-9,11H,7,10H2,(H2,29,30,31)/t20-/m0/s1. The summed E-state index contributed by atoms with van der Waals surface area (Å²) in [7, 11) is 0. The van der Waals surface area contributed by atoms with Crippen LogP contribution in [0.1, 0.15) is 17.7 Å². The molecular weight excluding hydrogens is 512 g/mol. The number of halogens is 5. The molecule has 0 bridgehead atoms. The van der Waals surface area contributed by atoms with Crippen LogP contribution in [0.3, 0.4) is 0 Å². The van der Waals surface area contributed by atoms with Crippen LogP contribution in [0.5, 0.6) is 11.5 Å². The molecule has 1 atom stereocenters. The second-order valence-corrected chi connectivity index (χ2v) is 7.72. The predicted molar refractivity (Wildman–Crippen MR) is 112 cm³/mol. The number of fused-ring (bicyclic) bond motifs is 1. The minimum absolute atomic E-state index is 0.136. The Morgan fingerprint density at radius 1 is 1.15 bits per heavy atom. The molecule has 172 valence electrons. The van der Waals surface area contributed by atoms with E-state index in [1.54, 1.807) is 24.3 Å². The van der Waals surface area contributed by atoms with Gasteiger partial charge in [0.25, 0.3) is 0 Å². The SMILES string of the molecule is O=C(Nc1cccnc1Br)N[C@]1(c2ccc(OC(F)(F)F)c(F)c2)CCOc2cccnc21. The highest BCUT2D eigenvalue weighted by Crippen LogP contribution is 2.42. The highest BCUT2D eigenvalue weighted by molar-refractivity contribution is 9.10. The van der Waals surface area contributed by atoms with Gasteiger partial charge in [0.15, 0.2) is 11.6 Å². The summed E-state index contributed by atoms with van der Waals surface area (Å²) < 4.78 is 62.0. The number of alkyl halides is 3. The molecule has 0 radical (unpaired) electrons. The molecule has 2 N–H and O–H groups in total. The van der Waals surface area contributed by atoms with E-state index in [0.717, 1.165) is 12.1 Å². The smallest absolute Gasteiger partial charge is 0.491 e. The molecule has 0 aliphatic carbocycles. The molecule has 2 amide bonds. The average molecular weight is 527 g/mol. The maximum atomic E-state index is 14.6. The molecule has 7 nitrogen and oxygen atoms in total. The normalized spacial score (nSPS) is 17.5. The van der Waals surface area contributed by atoms with Crippen molar-refractivity contribution in [3.8, 4) is 11.5 Å². The molecule has 0 saturated carbocycles. The van der Waals surface area contributed by atoms with Crippen LogP contribution in [0.15, 0.2) is 59.5 Å². The van der Waals surface area contributed by atoms with E-state index >= 15 is 0 Å². The molecular formula is C21H15BrF4N4O3. The Balaban J connectivity index is 1.75. The van der Waals surface area contributed by atoms with Crippen LogP contribution in [-0.4, -0.2) is 29.0 Å². The first-order valence-electron chi connectivity index (χ1n) is 9.52. The molecule has 33 heavy (non-hydrogen) atoms. The van der Waals surface area contributed by atoms with Gasteiger partial charge in [-0.1, -0.05) is 6.07 Å². The highest BCUT2D eigenvalue weighted by atomic mass is 79.9. The Bertz CT molecular complexity index is 1190. The van der Waals surface area contributed by atoms with Crippen molar-refractivity contribution in [1.82, 2.24) is 15.3 Å². The van der Waals surface area contributed by atoms with Gasteiger partial charge in [0, 0.05) is 18.8 Å². The van der Waals surface area contributed by atoms with Gasteiger partial charge in [-0.2, -0.15) is 0 Å². The summed E-state index contributed by atoms with van der Waals surface area (Å²) >= 11 is 3.23. The molecule has 3 heterocycles. The van der Waals surface area contributed by atoms with Crippen molar-refractivity contribution in [1.29, 1.82) is 0 Å². The fourth-order valence-electron chi connectivity index (χ4n) is 3.54. The molecule has 0 unspecified atom stereocenters. The highest BCUT2D eigenvalue weighted by Gasteiger charge is 2.43. The number of rotatable bonds is 4. The number of nitrogens with one attached hydrogen (secondary N) is 2. The van der Waals surface area contributed by atoms with E-state index in [2.05, 4.69) is 41.3 Å². The summed E-state index contributed by atoms with van der Waals surface area (Å²) in [6, 6.07) is 8.80. The molecule has 0 saturated heterocycles. The summed E-state index contributed by atoms with van der Waals surface area (Å²) in [5, 5.41) is 5.45. The lowest BCUT2D eigenvalue weighted by Gasteiger charge is -2.39. The first kappa shape index (κ1) is 22.8. The maximum absolute atomic E-state index is 14.6. The number of urea groups is 1. The predicted octanol–water partition coefficient (Wildman–Crippen LogP) is 5.12. The number of pyridine rings is 2. The van der Waals surface area contributed by atoms with Crippen LogP contribution in [0.2, 0.25) is 0 Å². The molecule has 12 heteroatoms. The molecule has 1 aliphatic rings. The number of aromatic nitrogens is 2. The quantitative estimate of drug-likeness (QED) is 0.364. The summed E-state index contributed by atoms with van der Waals surface area (Å²) in [5.74, 6) is -1.88. The van der Waals surface area contributed by atoms with E-state index in [4.69, 9.17) is 4.74 Å². The van der Waals surface area contributed by atoms with Gasteiger partial charge in [0.1, 0.15) is 21.6 Å². The minimum atomic E-state index is -5.05. The Labute approximate surface area is 193 Å². The minimum Gasteiger partial charge on any atom is -0.491 e. The fourth-order valence-corrected chi connectivity index (χ4v) is 3.88. The Kier molecular flexibility index (Phi) is 6.11. The monoisotopic (exact) mass is 526 g/mol. The van der Waals surface area contributed by atoms with Gasteiger partial charge >= 0.3 is 12.4 Å². The number of hydrogen-bond acceptors (Lipinski definition) is 5. The topological polar surface area (TPSA) is 85.4 Å². The van der Waals surface area contributed by atoms with Crippen LogP contribution in [-0.2, 0) is 5.54 Å². The van der Waals surface area contributed by atoms with Gasteiger partial charge in [-0.3, -0.25) is 4.98 Å². The molecule has 4 rings (SSSR count). The molecule has 0 fully saturated rings. The third-order valence-electron chi connectivity index (χ3n) is 4.89. The van der Waals surface area contributed by atoms with Crippen molar-refractivity contribution in [3.05, 3.63) is 76.5 Å². The zero-order valence-corrected chi connectivity index (χ0v) is 18.2. The lowest BCUT2D eigenvalue weighted by Crippen LogP contribution is -2.51. The first-order chi connectivity index (χ1) is 15.7. The number of amides is 2. The van der Waals surface area contributed by atoms with Crippen LogP contribution in [0, 0.1) is 5.82 Å². The molecule has 0 spiro atoms. The van der Waals surface area contributed by atoms with E-state index in [1.807, 2.05) is 0 Å². The molecule has 3 aromatic rings. The van der Waals surface area contributed by atoms with E-state index in [0.29, 0.717) is 16.0 Å². The second kappa shape index (κ2) is 8.85. The number of anilines is 1. The molecule has 2 aromatic heterocycles. The lowest BCUT2D eigenvalue weighted by atomic mass is 9.81. The van der Waals surface area contributed by atoms with Gasteiger partial charge in [0.2, 0.25) is 0 Å². The van der Waals surface area contributed by atoms with Crippen LogP contribution in [0.25, 0.3) is 0 Å². The number of ether oxygens (including phenoxy) is 2. The van der Waals surface area contributed by atoms with Crippen molar-refractivity contribution < 1.29 is 31.8 Å². The van der Waals surface area contributed by atoms with Crippen molar-refractivity contribution in [3.63, 3.8) is 0 Å². The largest absolute Gasteiger partial charge is 0.573 e. The summed E-state index contributed by atoms with van der Waals surface area (Å²) in [6.07, 6.45) is -1.92. The first-order valence-corrected chi connectivity index (χ1v) is 10.3.